The van der Waals surface area contributed by atoms with E-state index in [1.807, 2.05) is 20.8 Å². The van der Waals surface area contributed by atoms with Crippen LogP contribution < -0.4 is 0 Å². The average molecular weight is 327 g/mol. The van der Waals surface area contributed by atoms with E-state index in [2.05, 4.69) is 6.58 Å². The summed E-state index contributed by atoms with van der Waals surface area (Å²) < 4.78 is 10.7. The van der Waals surface area contributed by atoms with Crippen LogP contribution in [0.5, 0.6) is 0 Å². The normalized spacial score (nSPS) is 28.8. The maximum Gasteiger partial charge on any atom is 0.337 e. The highest BCUT2D eigenvalue weighted by Crippen LogP contribution is 2.45. The third kappa shape index (κ3) is 3.02. The minimum absolute atomic E-state index is 0.116. The number of methoxy groups -OCH3 is 1. The summed E-state index contributed by atoms with van der Waals surface area (Å²) in [7, 11) is 1.24. The van der Waals surface area contributed by atoms with E-state index in [0.29, 0.717) is 12.8 Å². The lowest BCUT2D eigenvalue weighted by Crippen LogP contribution is -2.70. The van der Waals surface area contributed by atoms with Crippen LogP contribution in [0.2, 0.25) is 0 Å². The highest BCUT2D eigenvalue weighted by atomic mass is 16.6. The third-order valence-electron chi connectivity index (χ3n) is 4.84. The largest absolute Gasteiger partial charge is 0.467 e. The lowest BCUT2D eigenvalue weighted by molar-refractivity contribution is -0.183. The van der Waals surface area contributed by atoms with Crippen LogP contribution >= 0.6 is 0 Å². The molecular formula is C17H29NO5. The molecule has 23 heavy (non-hydrogen) atoms. The van der Waals surface area contributed by atoms with E-state index in [1.54, 1.807) is 19.9 Å². The highest BCUT2D eigenvalue weighted by molar-refractivity contribution is 5.86. The summed E-state index contributed by atoms with van der Waals surface area (Å²) in [5, 5.41) is 11.2. The van der Waals surface area contributed by atoms with E-state index in [-0.39, 0.29) is 12.5 Å². The number of carbonyl (C=O) groups excluding carboxylic acids is 2. The van der Waals surface area contributed by atoms with Gasteiger partial charge in [0.1, 0.15) is 11.8 Å². The SMILES string of the molecule is C=CC[C@@H](C)[C@@](C)(O)[C@]1(C(=O)OC)CO[C@@H](C(C)(C)C)N1C=O. The Morgan fingerprint density at radius 2 is 2.09 bits per heavy atom. The minimum Gasteiger partial charge on any atom is -0.467 e. The zero-order valence-corrected chi connectivity index (χ0v) is 15.0. The van der Waals surface area contributed by atoms with Gasteiger partial charge in [-0.15, -0.1) is 6.58 Å². The smallest absolute Gasteiger partial charge is 0.337 e. The molecule has 6 nitrogen and oxygen atoms in total. The van der Waals surface area contributed by atoms with Crippen LogP contribution in [0.15, 0.2) is 12.7 Å². The van der Waals surface area contributed by atoms with Gasteiger partial charge in [0, 0.05) is 5.41 Å². The van der Waals surface area contributed by atoms with E-state index < -0.39 is 28.8 Å². The number of hydrogen-bond donors (Lipinski definition) is 1. The van der Waals surface area contributed by atoms with Crippen molar-refractivity contribution >= 4 is 12.4 Å². The van der Waals surface area contributed by atoms with Crippen LogP contribution in [0.3, 0.4) is 0 Å². The zero-order chi connectivity index (χ0) is 18.1. The van der Waals surface area contributed by atoms with Crippen molar-refractivity contribution in [1.29, 1.82) is 0 Å². The van der Waals surface area contributed by atoms with E-state index in [0.717, 1.165) is 0 Å². The lowest BCUT2D eigenvalue weighted by atomic mass is 9.71. The first-order chi connectivity index (χ1) is 10.5. The molecule has 0 radical (unpaired) electrons. The maximum atomic E-state index is 12.6. The van der Waals surface area contributed by atoms with E-state index in [9.17, 15) is 14.7 Å². The molecule has 0 bridgehead atoms. The Morgan fingerprint density at radius 3 is 2.48 bits per heavy atom. The van der Waals surface area contributed by atoms with Gasteiger partial charge in [-0.05, 0) is 19.3 Å². The fourth-order valence-corrected chi connectivity index (χ4v) is 3.20. The third-order valence-corrected chi connectivity index (χ3v) is 4.84. The van der Waals surface area contributed by atoms with Crippen molar-refractivity contribution in [3.63, 3.8) is 0 Å². The molecule has 0 aromatic rings. The number of rotatable bonds is 6. The van der Waals surface area contributed by atoms with Gasteiger partial charge in [-0.2, -0.15) is 0 Å². The Bertz CT molecular complexity index is 468. The average Bonchev–Trinajstić information content (AvgIpc) is 2.87. The molecule has 6 heteroatoms. The van der Waals surface area contributed by atoms with Crippen LogP contribution in [0.1, 0.15) is 41.0 Å². The summed E-state index contributed by atoms with van der Waals surface area (Å²) in [6, 6.07) is 0. The fourth-order valence-electron chi connectivity index (χ4n) is 3.20. The second-order valence-corrected chi connectivity index (χ2v) is 7.47. The summed E-state index contributed by atoms with van der Waals surface area (Å²) in [4.78, 5) is 25.8. The first kappa shape index (κ1) is 19.6. The molecule has 0 aromatic carbocycles. The van der Waals surface area contributed by atoms with Gasteiger partial charge in [-0.25, -0.2) is 4.79 Å². The Hall–Kier alpha value is -1.40. The zero-order valence-electron chi connectivity index (χ0n) is 15.0. The summed E-state index contributed by atoms with van der Waals surface area (Å²) in [6.45, 7) is 12.6. The highest BCUT2D eigenvalue weighted by Gasteiger charge is 2.66. The minimum atomic E-state index is -1.59. The molecule has 0 saturated carbocycles. The van der Waals surface area contributed by atoms with Crippen LogP contribution in [-0.2, 0) is 19.1 Å². The molecule has 0 unspecified atom stereocenters. The second-order valence-electron chi connectivity index (χ2n) is 7.47. The van der Waals surface area contributed by atoms with Gasteiger partial charge in [0.2, 0.25) is 6.41 Å². The molecule has 1 saturated heterocycles. The first-order valence-corrected chi connectivity index (χ1v) is 7.77. The molecule has 1 N–H and O–H groups in total. The monoisotopic (exact) mass is 327 g/mol. The predicted molar refractivity (Wildman–Crippen MR) is 86.4 cm³/mol. The number of nitrogens with zero attached hydrogens (tertiary/aromatic N) is 1. The molecule has 1 aliphatic rings. The Kier molecular flexibility index (Phi) is 5.65. The van der Waals surface area contributed by atoms with E-state index in [1.165, 1.54) is 12.0 Å². The number of aliphatic hydroxyl groups is 1. The molecule has 1 aliphatic heterocycles. The van der Waals surface area contributed by atoms with Gasteiger partial charge >= 0.3 is 5.97 Å². The summed E-state index contributed by atoms with van der Waals surface area (Å²) in [6.07, 6.45) is 2.08. The maximum absolute atomic E-state index is 12.6. The number of esters is 1. The Morgan fingerprint density at radius 1 is 1.52 bits per heavy atom. The predicted octanol–water partition coefficient (Wildman–Crippen LogP) is 1.72. The molecule has 0 aliphatic carbocycles. The van der Waals surface area contributed by atoms with E-state index in [4.69, 9.17) is 9.47 Å². The van der Waals surface area contributed by atoms with Crippen molar-refractivity contribution in [2.45, 2.75) is 58.4 Å². The molecule has 132 valence electrons. The molecule has 1 heterocycles. The number of allylic oxidation sites excluding steroid dienone is 1. The Labute approximate surface area is 138 Å². The van der Waals surface area contributed by atoms with Gasteiger partial charge in [-0.3, -0.25) is 9.69 Å². The number of ether oxygens (including phenoxy) is 2. The van der Waals surface area contributed by atoms with Crippen molar-refractivity contribution in [1.82, 2.24) is 4.90 Å². The molecule has 4 atom stereocenters. The van der Waals surface area contributed by atoms with Crippen molar-refractivity contribution in [2.24, 2.45) is 11.3 Å². The summed E-state index contributed by atoms with van der Waals surface area (Å²) >= 11 is 0. The molecule has 1 amide bonds. The van der Waals surface area contributed by atoms with Crippen LogP contribution in [-0.4, -0.2) is 53.5 Å². The van der Waals surface area contributed by atoms with Crippen molar-refractivity contribution in [3.8, 4) is 0 Å². The molecule has 0 spiro atoms. The van der Waals surface area contributed by atoms with Gasteiger partial charge in [0.25, 0.3) is 0 Å². The molecule has 1 rings (SSSR count). The van der Waals surface area contributed by atoms with Crippen LogP contribution in [0.25, 0.3) is 0 Å². The second kappa shape index (κ2) is 6.61. The van der Waals surface area contributed by atoms with Crippen molar-refractivity contribution in [2.75, 3.05) is 13.7 Å². The first-order valence-electron chi connectivity index (χ1n) is 7.77. The van der Waals surface area contributed by atoms with Gasteiger partial charge in [0.05, 0.1) is 13.7 Å². The quantitative estimate of drug-likeness (QED) is 0.457. The van der Waals surface area contributed by atoms with Gasteiger partial charge < -0.3 is 14.6 Å². The van der Waals surface area contributed by atoms with Gasteiger partial charge in [0.15, 0.2) is 5.54 Å². The molecule has 0 aromatic heterocycles. The van der Waals surface area contributed by atoms with E-state index >= 15 is 0 Å². The number of amides is 1. The summed E-state index contributed by atoms with van der Waals surface area (Å²) in [5.41, 5.74) is -3.56. The standard InChI is InChI=1S/C17H29NO5/c1-8-9-12(2)16(6,21)17(14(20)22-7)10-23-13(15(3,4)5)18(17)11-19/h8,11-13,21H,1,9-10H2,2-7H3/t12-,13+,16-,17-/m1/s1. The molecule has 1 fully saturated rings. The number of carbonyl (C=O) groups is 2. The Balaban J connectivity index is 3.48. The molecular weight excluding hydrogens is 298 g/mol. The van der Waals surface area contributed by atoms with Crippen molar-refractivity contribution < 1.29 is 24.2 Å². The van der Waals surface area contributed by atoms with Crippen LogP contribution in [0.4, 0.5) is 0 Å². The fraction of sp³-hybridized carbons (Fsp3) is 0.765. The van der Waals surface area contributed by atoms with Crippen LogP contribution in [0, 0.1) is 11.3 Å². The van der Waals surface area contributed by atoms with Crippen molar-refractivity contribution in [3.05, 3.63) is 12.7 Å². The number of hydrogen-bond acceptors (Lipinski definition) is 5. The lowest BCUT2D eigenvalue weighted by Gasteiger charge is -2.48. The topological polar surface area (TPSA) is 76.1 Å². The summed E-state index contributed by atoms with van der Waals surface area (Å²) in [5.74, 6) is -1.01. The van der Waals surface area contributed by atoms with Gasteiger partial charge in [-0.1, -0.05) is 33.8 Å².